The zero-order chi connectivity index (χ0) is 18.1. The van der Waals surface area contributed by atoms with Gasteiger partial charge >= 0.3 is 5.97 Å². The quantitative estimate of drug-likeness (QED) is 0.588. The first-order chi connectivity index (χ1) is 12.6. The largest absolute Gasteiger partial charge is 0.478 e. The molecule has 7 nitrogen and oxygen atoms in total. The molecule has 0 aliphatic rings. The maximum absolute atomic E-state index is 11.5. The molecule has 0 unspecified atom stereocenters. The Labute approximate surface area is 149 Å². The van der Waals surface area contributed by atoms with Gasteiger partial charge in [-0.15, -0.1) is 0 Å². The van der Waals surface area contributed by atoms with Gasteiger partial charge in [0.25, 0.3) is 0 Å². The first kappa shape index (κ1) is 15.8. The van der Waals surface area contributed by atoms with Crippen molar-refractivity contribution in [2.24, 2.45) is 7.05 Å². The van der Waals surface area contributed by atoms with Crippen molar-refractivity contribution in [3.63, 3.8) is 0 Å². The van der Waals surface area contributed by atoms with Crippen molar-refractivity contribution in [3.8, 4) is 11.4 Å². The third kappa shape index (κ3) is 2.75. The molecule has 128 valence electrons. The monoisotopic (exact) mass is 345 g/mol. The Morgan fingerprint density at radius 1 is 1.04 bits per heavy atom. The number of para-hydroxylation sites is 1. The van der Waals surface area contributed by atoms with Crippen molar-refractivity contribution in [1.82, 2.24) is 19.7 Å². The maximum atomic E-state index is 11.5. The Hall–Kier alpha value is -3.74. The fourth-order valence-electron chi connectivity index (χ4n) is 2.74. The Kier molecular flexibility index (Phi) is 3.81. The summed E-state index contributed by atoms with van der Waals surface area (Å²) >= 11 is 0. The van der Waals surface area contributed by atoms with E-state index in [0.717, 1.165) is 5.56 Å². The minimum atomic E-state index is -1.01. The zero-order valence-corrected chi connectivity index (χ0v) is 13.9. The Bertz CT molecular complexity index is 1110. The van der Waals surface area contributed by atoms with E-state index in [2.05, 4.69) is 20.4 Å². The van der Waals surface area contributed by atoms with Gasteiger partial charge in [-0.05, 0) is 12.1 Å². The van der Waals surface area contributed by atoms with Gasteiger partial charge in [0.1, 0.15) is 5.82 Å². The van der Waals surface area contributed by atoms with Gasteiger partial charge in [-0.2, -0.15) is 5.10 Å². The molecule has 4 aromatic rings. The molecule has 26 heavy (non-hydrogen) atoms. The van der Waals surface area contributed by atoms with Crippen LogP contribution in [0.15, 0.2) is 60.8 Å². The molecule has 0 fully saturated rings. The summed E-state index contributed by atoms with van der Waals surface area (Å²) in [7, 11) is 1.80. The molecule has 2 aromatic heterocycles. The van der Waals surface area contributed by atoms with E-state index in [1.165, 1.54) is 0 Å². The Morgan fingerprint density at radius 2 is 1.77 bits per heavy atom. The molecule has 0 atom stereocenters. The van der Waals surface area contributed by atoms with E-state index in [9.17, 15) is 9.90 Å². The lowest BCUT2D eigenvalue weighted by Crippen LogP contribution is -2.05. The summed E-state index contributed by atoms with van der Waals surface area (Å²) in [6.07, 6.45) is 1.66. The van der Waals surface area contributed by atoms with Crippen LogP contribution in [-0.4, -0.2) is 30.8 Å². The highest BCUT2D eigenvalue weighted by molar-refractivity contribution is 5.97. The highest BCUT2D eigenvalue weighted by Crippen LogP contribution is 2.28. The van der Waals surface area contributed by atoms with E-state index in [1.807, 2.05) is 30.3 Å². The molecule has 0 aliphatic heterocycles. The maximum Gasteiger partial charge on any atom is 0.337 e. The number of hydrogen-bond acceptors (Lipinski definition) is 5. The van der Waals surface area contributed by atoms with Crippen LogP contribution in [0.3, 0.4) is 0 Å². The molecule has 0 spiro atoms. The molecule has 7 heteroatoms. The normalized spacial score (nSPS) is 10.8. The molecular formula is C19H15N5O2. The summed E-state index contributed by atoms with van der Waals surface area (Å²) in [6.45, 7) is 0. The third-order valence-corrected chi connectivity index (χ3v) is 4.03. The zero-order valence-electron chi connectivity index (χ0n) is 13.9. The molecule has 4 rings (SSSR count). The number of hydrogen-bond donors (Lipinski definition) is 2. The molecule has 2 N–H and O–H groups in total. The minimum Gasteiger partial charge on any atom is -0.478 e. The second-order valence-electron chi connectivity index (χ2n) is 5.74. The number of aromatic nitrogens is 4. The Morgan fingerprint density at radius 3 is 2.54 bits per heavy atom. The van der Waals surface area contributed by atoms with Crippen LogP contribution in [0.4, 0.5) is 11.5 Å². The molecule has 0 aliphatic carbocycles. The van der Waals surface area contributed by atoms with Crippen LogP contribution < -0.4 is 5.32 Å². The lowest BCUT2D eigenvalue weighted by molar-refractivity contribution is 0.0698. The molecule has 0 radical (unpaired) electrons. The van der Waals surface area contributed by atoms with Crippen LogP contribution >= 0.6 is 0 Å². The number of aryl methyl sites for hydroxylation is 1. The van der Waals surface area contributed by atoms with Gasteiger partial charge in [0.2, 0.25) is 0 Å². The average molecular weight is 345 g/mol. The summed E-state index contributed by atoms with van der Waals surface area (Å²) in [4.78, 5) is 20.7. The summed E-state index contributed by atoms with van der Waals surface area (Å²) in [5.74, 6) is 0.0422. The van der Waals surface area contributed by atoms with Gasteiger partial charge in [-0.25, -0.2) is 14.8 Å². The number of carboxylic acid groups (broad SMARTS) is 1. The SMILES string of the molecule is Cn1ncc2c(Nc3ccccc3C(=O)O)nc(-c3ccccc3)nc21. The first-order valence-corrected chi connectivity index (χ1v) is 7.98. The first-order valence-electron chi connectivity index (χ1n) is 7.98. The van der Waals surface area contributed by atoms with Crippen molar-refractivity contribution < 1.29 is 9.90 Å². The number of nitrogens with one attached hydrogen (secondary N) is 1. The molecule has 0 saturated heterocycles. The van der Waals surface area contributed by atoms with Crippen LogP contribution in [0.2, 0.25) is 0 Å². The lowest BCUT2D eigenvalue weighted by Gasteiger charge is -2.11. The predicted molar refractivity (Wildman–Crippen MR) is 98.4 cm³/mol. The van der Waals surface area contributed by atoms with Crippen LogP contribution in [0.1, 0.15) is 10.4 Å². The number of nitrogens with zero attached hydrogens (tertiary/aromatic N) is 4. The van der Waals surface area contributed by atoms with E-state index in [4.69, 9.17) is 0 Å². The van der Waals surface area contributed by atoms with E-state index in [-0.39, 0.29) is 5.56 Å². The van der Waals surface area contributed by atoms with Gasteiger partial charge in [0.05, 0.1) is 22.8 Å². The van der Waals surface area contributed by atoms with Crippen LogP contribution in [0.5, 0.6) is 0 Å². The number of anilines is 2. The summed E-state index contributed by atoms with van der Waals surface area (Å²) < 4.78 is 1.66. The van der Waals surface area contributed by atoms with E-state index < -0.39 is 5.97 Å². The van der Waals surface area contributed by atoms with Gasteiger partial charge < -0.3 is 10.4 Å². The Balaban J connectivity index is 1.88. The van der Waals surface area contributed by atoms with E-state index >= 15 is 0 Å². The van der Waals surface area contributed by atoms with Gasteiger partial charge in [-0.1, -0.05) is 42.5 Å². The standard InChI is InChI=1S/C19H15N5O2/c1-24-18-14(11-20-24)17(21-15-10-6-5-9-13(15)19(25)26)22-16(23-18)12-7-3-2-4-8-12/h2-11H,1H3,(H,25,26)(H,21,22,23). The highest BCUT2D eigenvalue weighted by Gasteiger charge is 2.15. The smallest absolute Gasteiger partial charge is 0.337 e. The molecule has 0 bridgehead atoms. The lowest BCUT2D eigenvalue weighted by atomic mass is 10.1. The summed E-state index contributed by atoms with van der Waals surface area (Å²) in [5.41, 5.74) is 2.16. The molecular weight excluding hydrogens is 330 g/mol. The van der Waals surface area contributed by atoms with Crippen molar-refractivity contribution in [1.29, 1.82) is 0 Å². The fraction of sp³-hybridized carbons (Fsp3) is 0.0526. The predicted octanol–water partition coefficient (Wildman–Crippen LogP) is 3.47. The van der Waals surface area contributed by atoms with Crippen LogP contribution in [0, 0.1) is 0 Å². The number of aromatic carboxylic acids is 1. The summed E-state index contributed by atoms with van der Waals surface area (Å²) in [5, 5.41) is 17.5. The molecule has 0 saturated carbocycles. The second kappa shape index (κ2) is 6.29. The van der Waals surface area contributed by atoms with E-state index in [0.29, 0.717) is 28.4 Å². The number of carbonyl (C=O) groups is 1. The van der Waals surface area contributed by atoms with Crippen molar-refractivity contribution in [2.45, 2.75) is 0 Å². The number of fused-ring (bicyclic) bond motifs is 1. The van der Waals surface area contributed by atoms with E-state index in [1.54, 1.807) is 42.2 Å². The topological polar surface area (TPSA) is 92.9 Å². The van der Waals surface area contributed by atoms with Gasteiger partial charge in [0.15, 0.2) is 11.5 Å². The number of benzene rings is 2. The summed E-state index contributed by atoms with van der Waals surface area (Å²) in [6, 6.07) is 16.3. The van der Waals surface area contributed by atoms with Crippen molar-refractivity contribution in [3.05, 3.63) is 66.4 Å². The number of carboxylic acids is 1. The number of rotatable bonds is 4. The molecule has 2 aromatic carbocycles. The minimum absolute atomic E-state index is 0.171. The van der Waals surface area contributed by atoms with Gasteiger partial charge in [0, 0.05) is 12.6 Å². The van der Waals surface area contributed by atoms with Crippen LogP contribution in [0.25, 0.3) is 22.4 Å². The molecule has 2 heterocycles. The second-order valence-corrected chi connectivity index (χ2v) is 5.74. The van der Waals surface area contributed by atoms with Gasteiger partial charge in [-0.3, -0.25) is 4.68 Å². The highest BCUT2D eigenvalue weighted by atomic mass is 16.4. The molecule has 0 amide bonds. The average Bonchev–Trinajstić information content (AvgIpc) is 3.04. The van der Waals surface area contributed by atoms with Crippen LogP contribution in [-0.2, 0) is 7.05 Å². The van der Waals surface area contributed by atoms with Crippen molar-refractivity contribution >= 4 is 28.5 Å². The third-order valence-electron chi connectivity index (χ3n) is 4.03. The van der Waals surface area contributed by atoms with Crippen molar-refractivity contribution in [2.75, 3.05) is 5.32 Å². The fourth-order valence-corrected chi connectivity index (χ4v) is 2.74.